The Morgan fingerprint density at radius 2 is 2.22 bits per heavy atom. The van der Waals surface area contributed by atoms with Crippen LogP contribution in [0.2, 0.25) is 0 Å². The highest BCUT2D eigenvalue weighted by Crippen LogP contribution is 2.24. The van der Waals surface area contributed by atoms with E-state index < -0.39 is 0 Å². The number of likely N-dealkylation sites (tertiary alicyclic amines) is 1. The highest BCUT2D eigenvalue weighted by molar-refractivity contribution is 5.97. The second kappa shape index (κ2) is 5.00. The molecule has 0 aliphatic carbocycles. The number of carbonyl (C=O) groups is 1. The molecule has 1 aromatic heterocycles. The third-order valence-corrected chi connectivity index (χ3v) is 3.99. The van der Waals surface area contributed by atoms with Gasteiger partial charge in [-0.2, -0.15) is 5.10 Å². The fraction of sp³-hybridized carbons (Fsp3) is 0.692. The van der Waals surface area contributed by atoms with Gasteiger partial charge in [-0.3, -0.25) is 9.48 Å². The van der Waals surface area contributed by atoms with Gasteiger partial charge in [0.2, 0.25) is 0 Å². The third-order valence-electron chi connectivity index (χ3n) is 3.99. The zero-order chi connectivity index (χ0) is 13.3. The summed E-state index contributed by atoms with van der Waals surface area (Å²) in [5.74, 6) is 1.25. The zero-order valence-corrected chi connectivity index (χ0v) is 11.4. The van der Waals surface area contributed by atoms with Crippen LogP contribution in [0.1, 0.15) is 37.7 Å². The fourth-order valence-corrected chi connectivity index (χ4v) is 2.47. The lowest BCUT2D eigenvalue weighted by atomic mass is 9.88. The smallest absolute Gasteiger partial charge is 0.274 e. The third kappa shape index (κ3) is 2.21. The summed E-state index contributed by atoms with van der Waals surface area (Å²) in [6.45, 7) is 8.71. The summed E-state index contributed by atoms with van der Waals surface area (Å²) in [5, 5.41) is 4.13. The number of hydrogen-bond donors (Lipinski definition) is 1. The molecular formula is C13H22N4O. The van der Waals surface area contributed by atoms with Gasteiger partial charge in [0.1, 0.15) is 5.69 Å². The van der Waals surface area contributed by atoms with Crippen molar-refractivity contribution in [1.82, 2.24) is 14.7 Å². The lowest BCUT2D eigenvalue weighted by molar-refractivity contribution is 0.0616. The van der Waals surface area contributed by atoms with Gasteiger partial charge in [0.05, 0.1) is 11.9 Å². The van der Waals surface area contributed by atoms with Gasteiger partial charge in [-0.15, -0.1) is 0 Å². The molecule has 1 aliphatic heterocycles. The van der Waals surface area contributed by atoms with E-state index in [9.17, 15) is 4.79 Å². The number of hydrogen-bond acceptors (Lipinski definition) is 3. The molecule has 2 unspecified atom stereocenters. The van der Waals surface area contributed by atoms with Crippen LogP contribution in [-0.4, -0.2) is 33.7 Å². The molecule has 2 N–H and O–H groups in total. The molecule has 0 saturated carbocycles. The molecule has 0 aromatic carbocycles. The molecule has 18 heavy (non-hydrogen) atoms. The molecule has 1 amide bonds. The van der Waals surface area contributed by atoms with E-state index in [4.69, 9.17) is 5.73 Å². The number of carbonyl (C=O) groups excluding carboxylic acids is 1. The van der Waals surface area contributed by atoms with Crippen LogP contribution in [0, 0.1) is 11.8 Å². The molecule has 100 valence electrons. The van der Waals surface area contributed by atoms with Crippen molar-refractivity contribution in [2.24, 2.45) is 11.8 Å². The van der Waals surface area contributed by atoms with Crippen molar-refractivity contribution in [3.8, 4) is 0 Å². The number of rotatable bonds is 2. The first-order valence-corrected chi connectivity index (χ1v) is 6.65. The van der Waals surface area contributed by atoms with Gasteiger partial charge in [0, 0.05) is 19.6 Å². The zero-order valence-electron chi connectivity index (χ0n) is 11.4. The number of anilines is 1. The second-order valence-electron chi connectivity index (χ2n) is 5.26. The van der Waals surface area contributed by atoms with Crippen LogP contribution in [0.25, 0.3) is 0 Å². The summed E-state index contributed by atoms with van der Waals surface area (Å²) < 4.78 is 1.68. The topological polar surface area (TPSA) is 64.2 Å². The molecule has 1 fully saturated rings. The summed E-state index contributed by atoms with van der Waals surface area (Å²) in [7, 11) is 0. The molecule has 2 heterocycles. The molecular weight excluding hydrogens is 228 g/mol. The van der Waals surface area contributed by atoms with Crippen molar-refractivity contribution < 1.29 is 4.79 Å². The number of aromatic nitrogens is 2. The largest absolute Gasteiger partial charge is 0.396 e. The van der Waals surface area contributed by atoms with E-state index in [0.717, 1.165) is 19.5 Å². The molecule has 1 aliphatic rings. The van der Waals surface area contributed by atoms with E-state index in [1.54, 1.807) is 10.9 Å². The minimum absolute atomic E-state index is 0.0191. The Morgan fingerprint density at radius 3 is 2.83 bits per heavy atom. The minimum Gasteiger partial charge on any atom is -0.396 e. The number of nitrogen functional groups attached to an aromatic ring is 1. The number of amides is 1. The summed E-state index contributed by atoms with van der Waals surface area (Å²) >= 11 is 0. The number of nitrogens with zero attached hydrogens (tertiary/aromatic N) is 3. The Hall–Kier alpha value is -1.52. The van der Waals surface area contributed by atoms with Crippen LogP contribution in [0.5, 0.6) is 0 Å². The van der Waals surface area contributed by atoms with Gasteiger partial charge < -0.3 is 10.6 Å². The second-order valence-corrected chi connectivity index (χ2v) is 5.26. The standard InChI is InChI=1S/C13H22N4O/c1-4-17-12(11(14)7-15-17)13(18)16-6-5-9(2)10(3)8-16/h7,9-10H,4-6,8,14H2,1-3H3. The van der Waals surface area contributed by atoms with Gasteiger partial charge in [0.15, 0.2) is 0 Å². The first-order chi connectivity index (χ1) is 8.54. The van der Waals surface area contributed by atoms with Gasteiger partial charge in [-0.05, 0) is 25.2 Å². The lowest BCUT2D eigenvalue weighted by Gasteiger charge is -2.35. The van der Waals surface area contributed by atoms with E-state index in [1.807, 2.05) is 11.8 Å². The quantitative estimate of drug-likeness (QED) is 0.867. The van der Waals surface area contributed by atoms with Crippen molar-refractivity contribution in [1.29, 1.82) is 0 Å². The summed E-state index contributed by atoms with van der Waals surface area (Å²) in [6.07, 6.45) is 2.62. The van der Waals surface area contributed by atoms with E-state index in [2.05, 4.69) is 18.9 Å². The number of nitrogens with two attached hydrogens (primary N) is 1. The first-order valence-electron chi connectivity index (χ1n) is 6.65. The van der Waals surface area contributed by atoms with Crippen LogP contribution < -0.4 is 5.73 Å². The average molecular weight is 250 g/mol. The van der Waals surface area contributed by atoms with Crippen molar-refractivity contribution in [3.05, 3.63) is 11.9 Å². The average Bonchev–Trinajstić information content (AvgIpc) is 2.73. The molecule has 0 spiro atoms. The predicted octanol–water partition coefficient (Wildman–Crippen LogP) is 1.60. The molecule has 2 rings (SSSR count). The maximum atomic E-state index is 12.5. The highest BCUT2D eigenvalue weighted by atomic mass is 16.2. The SMILES string of the molecule is CCn1ncc(N)c1C(=O)N1CCC(C)C(C)C1. The van der Waals surface area contributed by atoms with E-state index >= 15 is 0 Å². The summed E-state index contributed by atoms with van der Waals surface area (Å²) in [4.78, 5) is 14.4. The monoisotopic (exact) mass is 250 g/mol. The lowest BCUT2D eigenvalue weighted by Crippen LogP contribution is -2.43. The van der Waals surface area contributed by atoms with Gasteiger partial charge in [-0.1, -0.05) is 13.8 Å². The van der Waals surface area contributed by atoms with Crippen molar-refractivity contribution in [3.63, 3.8) is 0 Å². The molecule has 1 saturated heterocycles. The van der Waals surface area contributed by atoms with Gasteiger partial charge in [0.25, 0.3) is 5.91 Å². The van der Waals surface area contributed by atoms with Crippen LogP contribution in [0.4, 0.5) is 5.69 Å². The van der Waals surface area contributed by atoms with Gasteiger partial charge in [-0.25, -0.2) is 0 Å². The number of piperidine rings is 1. The normalized spacial score (nSPS) is 24.3. The molecule has 0 bridgehead atoms. The Morgan fingerprint density at radius 1 is 1.50 bits per heavy atom. The molecule has 2 atom stereocenters. The van der Waals surface area contributed by atoms with Crippen molar-refractivity contribution in [2.75, 3.05) is 18.8 Å². The Bertz CT molecular complexity index is 440. The predicted molar refractivity (Wildman–Crippen MR) is 71.2 cm³/mol. The van der Waals surface area contributed by atoms with Crippen LogP contribution >= 0.6 is 0 Å². The maximum Gasteiger partial charge on any atom is 0.274 e. The summed E-state index contributed by atoms with van der Waals surface area (Å²) in [6, 6.07) is 0. The highest BCUT2D eigenvalue weighted by Gasteiger charge is 2.29. The molecule has 1 aromatic rings. The van der Waals surface area contributed by atoms with Crippen LogP contribution in [0.15, 0.2) is 6.20 Å². The maximum absolute atomic E-state index is 12.5. The molecule has 5 nitrogen and oxygen atoms in total. The van der Waals surface area contributed by atoms with E-state index in [0.29, 0.717) is 29.8 Å². The van der Waals surface area contributed by atoms with Crippen molar-refractivity contribution in [2.45, 2.75) is 33.7 Å². The number of aryl methyl sites for hydroxylation is 1. The Kier molecular flexibility index (Phi) is 3.59. The molecule has 0 radical (unpaired) electrons. The minimum atomic E-state index is 0.0191. The first kappa shape index (κ1) is 12.9. The van der Waals surface area contributed by atoms with E-state index in [1.165, 1.54) is 0 Å². The Balaban J connectivity index is 2.18. The van der Waals surface area contributed by atoms with Gasteiger partial charge >= 0.3 is 0 Å². The Labute approximate surface area is 108 Å². The fourth-order valence-electron chi connectivity index (χ4n) is 2.47. The van der Waals surface area contributed by atoms with E-state index in [-0.39, 0.29) is 5.91 Å². The summed E-state index contributed by atoms with van der Waals surface area (Å²) in [5.41, 5.74) is 6.88. The van der Waals surface area contributed by atoms with Crippen LogP contribution in [0.3, 0.4) is 0 Å². The van der Waals surface area contributed by atoms with Crippen molar-refractivity contribution >= 4 is 11.6 Å². The molecule has 5 heteroatoms. The van der Waals surface area contributed by atoms with Crippen LogP contribution in [-0.2, 0) is 6.54 Å².